The smallest absolute Gasteiger partial charge is 0.317 e. The summed E-state index contributed by atoms with van der Waals surface area (Å²) in [5.41, 5.74) is 6.05. The molecule has 2 aliphatic heterocycles. The summed E-state index contributed by atoms with van der Waals surface area (Å²) in [6.45, 7) is 0.149. The number of methoxy groups -OCH3 is 1. The van der Waals surface area contributed by atoms with Crippen LogP contribution in [0.25, 0.3) is 10.9 Å². The van der Waals surface area contributed by atoms with E-state index in [-0.39, 0.29) is 18.5 Å². The van der Waals surface area contributed by atoms with Crippen LogP contribution in [0.15, 0.2) is 84.2 Å². The maximum Gasteiger partial charge on any atom is 0.317 e. The second kappa shape index (κ2) is 9.37. The molecule has 0 radical (unpaired) electrons. The zero-order valence-electron chi connectivity index (χ0n) is 20.9. The van der Waals surface area contributed by atoms with Gasteiger partial charge in [-0.05, 0) is 82.1 Å². The average molecular weight is 630 g/mol. The molecular formula is C31H23IN2O5. The molecule has 39 heavy (non-hydrogen) atoms. The van der Waals surface area contributed by atoms with E-state index in [0.717, 1.165) is 42.5 Å². The van der Waals surface area contributed by atoms with Gasteiger partial charge in [0.25, 0.3) is 0 Å². The first-order chi connectivity index (χ1) is 19.0. The Morgan fingerprint density at radius 2 is 1.90 bits per heavy atom. The molecule has 0 saturated carbocycles. The largest absolute Gasteiger partial charge is 0.468 e. The van der Waals surface area contributed by atoms with Crippen LogP contribution >= 0.6 is 22.6 Å². The van der Waals surface area contributed by atoms with Crippen LogP contribution in [-0.4, -0.2) is 30.6 Å². The third kappa shape index (κ3) is 3.80. The Labute approximate surface area is 238 Å². The van der Waals surface area contributed by atoms with Gasteiger partial charge in [-0.1, -0.05) is 30.3 Å². The lowest BCUT2D eigenvalue weighted by atomic mass is 9.67. The van der Waals surface area contributed by atoms with E-state index in [1.807, 2.05) is 60.7 Å². The molecule has 3 atom stereocenters. The van der Waals surface area contributed by atoms with Gasteiger partial charge >= 0.3 is 5.97 Å². The molecule has 1 aromatic heterocycles. The lowest BCUT2D eigenvalue weighted by Crippen LogP contribution is -2.40. The zero-order valence-corrected chi connectivity index (χ0v) is 23.1. The molecule has 0 bridgehead atoms. The average Bonchev–Trinajstić information content (AvgIpc) is 3.44. The summed E-state index contributed by atoms with van der Waals surface area (Å²) in [5.74, 6) is -1.29. The number of pyridine rings is 1. The van der Waals surface area contributed by atoms with Crippen molar-refractivity contribution in [2.75, 3.05) is 19.2 Å². The molecule has 0 spiro atoms. The Kier molecular flexibility index (Phi) is 5.80. The minimum atomic E-state index is -0.991. The van der Waals surface area contributed by atoms with Crippen molar-refractivity contribution in [3.8, 4) is 11.5 Å². The number of nitrogens with zero attached hydrogens (tertiary/aromatic N) is 1. The lowest BCUT2D eigenvalue weighted by Gasteiger charge is -2.40. The fraction of sp³-hybridized carbons (Fsp3) is 0.194. The van der Waals surface area contributed by atoms with Crippen molar-refractivity contribution in [2.24, 2.45) is 5.92 Å². The number of esters is 1. The van der Waals surface area contributed by atoms with Gasteiger partial charge in [0.2, 0.25) is 6.79 Å². The third-order valence-electron chi connectivity index (χ3n) is 7.89. The van der Waals surface area contributed by atoms with Crippen LogP contribution in [0.3, 0.4) is 0 Å². The summed E-state index contributed by atoms with van der Waals surface area (Å²) >= 11 is 2.32. The summed E-state index contributed by atoms with van der Waals surface area (Å²) in [6, 6.07) is 21.7. The molecule has 4 aromatic rings. The number of aromatic nitrogens is 1. The normalized spacial score (nSPS) is 21.3. The molecule has 1 N–H and O–H groups in total. The van der Waals surface area contributed by atoms with Gasteiger partial charge in [0.05, 0.1) is 12.6 Å². The van der Waals surface area contributed by atoms with Gasteiger partial charge in [0.15, 0.2) is 17.3 Å². The Bertz CT molecular complexity index is 1710. The first kappa shape index (κ1) is 24.1. The van der Waals surface area contributed by atoms with Gasteiger partial charge in [-0.2, -0.15) is 0 Å². The number of hydrogen-bond acceptors (Lipinski definition) is 7. The highest BCUT2D eigenvalue weighted by molar-refractivity contribution is 14.1. The Hall–Kier alpha value is -3.92. The predicted octanol–water partition coefficient (Wildman–Crippen LogP) is 5.93. The molecule has 3 heterocycles. The highest BCUT2D eigenvalue weighted by Gasteiger charge is 2.48. The topological polar surface area (TPSA) is 86.8 Å². The van der Waals surface area contributed by atoms with Gasteiger partial charge in [-0.3, -0.25) is 14.6 Å². The van der Waals surface area contributed by atoms with Gasteiger partial charge in [0.1, 0.15) is 5.92 Å². The SMILES string of the molecule is COC(=O)C1C(=O)C2=C(CC1c1ccc3c(c1)OCO3)Nc1ccc3ncccc3c1C2c1ccccc1I. The number of Topliss-reactive ketones (excluding diaryl/α,β-unsaturated/α-hetero) is 1. The van der Waals surface area contributed by atoms with Crippen LogP contribution in [0.5, 0.6) is 11.5 Å². The molecular weight excluding hydrogens is 607 g/mol. The number of benzene rings is 3. The van der Waals surface area contributed by atoms with E-state index in [9.17, 15) is 9.59 Å². The number of carbonyl (C=O) groups excluding carboxylic acids is 2. The molecule has 3 aromatic carbocycles. The number of carbonyl (C=O) groups is 2. The van der Waals surface area contributed by atoms with Gasteiger partial charge in [-0.25, -0.2) is 0 Å². The van der Waals surface area contributed by atoms with E-state index < -0.39 is 17.8 Å². The van der Waals surface area contributed by atoms with Crippen molar-refractivity contribution in [3.05, 3.63) is 104 Å². The highest BCUT2D eigenvalue weighted by atomic mass is 127. The van der Waals surface area contributed by atoms with Crippen LogP contribution in [0.4, 0.5) is 5.69 Å². The van der Waals surface area contributed by atoms with Crippen molar-refractivity contribution in [3.63, 3.8) is 0 Å². The van der Waals surface area contributed by atoms with Crippen LogP contribution in [-0.2, 0) is 14.3 Å². The van der Waals surface area contributed by atoms with Crippen molar-refractivity contribution < 1.29 is 23.8 Å². The summed E-state index contributed by atoms with van der Waals surface area (Å²) in [6.07, 6.45) is 2.23. The standard InChI is InChI=1S/C31H23IN2O5/c1-37-31(36)28-19(16-8-11-24-25(13-16)39-15-38-24)14-23-29(30(28)35)27(17-5-2-3-7-20(17)32)26-18-6-4-12-33-21(18)9-10-22(26)34-23/h2-13,19,27-28,34H,14-15H2,1H3. The first-order valence-corrected chi connectivity index (χ1v) is 13.8. The molecule has 7 rings (SSSR count). The molecule has 0 amide bonds. The zero-order chi connectivity index (χ0) is 26.7. The molecule has 1 aliphatic carbocycles. The van der Waals surface area contributed by atoms with Crippen molar-refractivity contribution in [1.29, 1.82) is 0 Å². The van der Waals surface area contributed by atoms with E-state index in [2.05, 4.69) is 39.0 Å². The molecule has 194 valence electrons. The molecule has 7 nitrogen and oxygen atoms in total. The number of fused-ring (bicyclic) bond motifs is 4. The van der Waals surface area contributed by atoms with Gasteiger partial charge in [0, 0.05) is 43.9 Å². The summed E-state index contributed by atoms with van der Waals surface area (Å²) in [4.78, 5) is 32.4. The van der Waals surface area contributed by atoms with Crippen LogP contribution in [0.1, 0.15) is 34.9 Å². The maximum absolute atomic E-state index is 14.5. The van der Waals surface area contributed by atoms with E-state index in [1.165, 1.54) is 7.11 Å². The lowest BCUT2D eigenvalue weighted by molar-refractivity contribution is -0.149. The first-order valence-electron chi connectivity index (χ1n) is 12.7. The number of rotatable bonds is 3. The van der Waals surface area contributed by atoms with Gasteiger partial charge < -0.3 is 19.5 Å². The van der Waals surface area contributed by atoms with Crippen molar-refractivity contribution >= 4 is 50.9 Å². The monoisotopic (exact) mass is 630 g/mol. The van der Waals surface area contributed by atoms with Gasteiger partial charge in [-0.15, -0.1) is 0 Å². The fourth-order valence-corrected chi connectivity index (χ4v) is 6.86. The molecule has 3 aliphatic rings. The third-order valence-corrected chi connectivity index (χ3v) is 8.87. The number of halogens is 1. The van der Waals surface area contributed by atoms with E-state index in [1.54, 1.807) is 6.20 Å². The predicted molar refractivity (Wildman–Crippen MR) is 154 cm³/mol. The number of anilines is 1. The summed E-state index contributed by atoms with van der Waals surface area (Å²) in [5, 5.41) is 4.56. The number of ether oxygens (including phenoxy) is 3. The van der Waals surface area contributed by atoms with Crippen molar-refractivity contribution in [2.45, 2.75) is 18.3 Å². The number of allylic oxidation sites excluding steroid dienone is 2. The number of nitrogens with one attached hydrogen (secondary N) is 1. The minimum absolute atomic E-state index is 0.149. The molecule has 8 heteroatoms. The summed E-state index contributed by atoms with van der Waals surface area (Å²) in [7, 11) is 1.33. The number of hydrogen-bond donors (Lipinski definition) is 1. The highest BCUT2D eigenvalue weighted by Crippen LogP contribution is 2.52. The Balaban J connectivity index is 1.45. The van der Waals surface area contributed by atoms with Crippen molar-refractivity contribution in [1.82, 2.24) is 4.98 Å². The second-order valence-electron chi connectivity index (χ2n) is 9.86. The Morgan fingerprint density at radius 1 is 1.05 bits per heavy atom. The fourth-order valence-electron chi connectivity index (χ4n) is 6.16. The quantitative estimate of drug-likeness (QED) is 0.171. The van der Waals surface area contributed by atoms with Crippen LogP contribution < -0.4 is 14.8 Å². The molecule has 0 saturated heterocycles. The minimum Gasteiger partial charge on any atom is -0.468 e. The van der Waals surface area contributed by atoms with Crippen LogP contribution in [0, 0.1) is 9.49 Å². The molecule has 0 fully saturated rings. The van der Waals surface area contributed by atoms with E-state index >= 15 is 0 Å². The Morgan fingerprint density at radius 3 is 2.74 bits per heavy atom. The van der Waals surface area contributed by atoms with E-state index in [4.69, 9.17) is 14.2 Å². The maximum atomic E-state index is 14.5. The second-order valence-corrected chi connectivity index (χ2v) is 11.0. The summed E-state index contributed by atoms with van der Waals surface area (Å²) < 4.78 is 17.3. The number of ketones is 1. The molecule has 3 unspecified atom stereocenters. The van der Waals surface area contributed by atoms with E-state index in [0.29, 0.717) is 23.5 Å². The van der Waals surface area contributed by atoms with Crippen LogP contribution in [0.2, 0.25) is 0 Å².